The Labute approximate surface area is 75.2 Å². The standard InChI is InChI=1S/C11H20O/c1-11(7-2-3-8-11)10(12)9-5-4-6-9/h9-10,12H,2-8H2,1H3. The van der Waals surface area contributed by atoms with Crippen molar-refractivity contribution in [3.05, 3.63) is 0 Å². The van der Waals surface area contributed by atoms with Crippen LogP contribution in [0.25, 0.3) is 0 Å². The maximum absolute atomic E-state index is 10.1. The van der Waals surface area contributed by atoms with Gasteiger partial charge in [-0.05, 0) is 37.0 Å². The van der Waals surface area contributed by atoms with Crippen LogP contribution in [0.1, 0.15) is 51.9 Å². The van der Waals surface area contributed by atoms with Gasteiger partial charge >= 0.3 is 0 Å². The van der Waals surface area contributed by atoms with Crippen molar-refractivity contribution < 1.29 is 5.11 Å². The lowest BCUT2D eigenvalue weighted by Gasteiger charge is -2.40. The molecule has 0 aliphatic heterocycles. The summed E-state index contributed by atoms with van der Waals surface area (Å²) in [5, 5.41) is 10.1. The lowest BCUT2D eigenvalue weighted by molar-refractivity contribution is -0.0329. The van der Waals surface area contributed by atoms with Gasteiger partial charge in [-0.1, -0.05) is 26.2 Å². The van der Waals surface area contributed by atoms with Crippen molar-refractivity contribution in [3.8, 4) is 0 Å². The Bertz CT molecular complexity index is 154. The number of rotatable bonds is 2. The van der Waals surface area contributed by atoms with Crippen molar-refractivity contribution in [2.75, 3.05) is 0 Å². The van der Waals surface area contributed by atoms with Crippen molar-refractivity contribution in [1.82, 2.24) is 0 Å². The molecule has 0 heterocycles. The normalized spacial score (nSPS) is 31.5. The zero-order valence-electron chi connectivity index (χ0n) is 8.05. The second-order valence-corrected chi connectivity index (χ2v) is 5.00. The van der Waals surface area contributed by atoms with Crippen LogP contribution in [-0.4, -0.2) is 11.2 Å². The summed E-state index contributed by atoms with van der Waals surface area (Å²) in [5.74, 6) is 0.646. The quantitative estimate of drug-likeness (QED) is 0.672. The zero-order valence-corrected chi connectivity index (χ0v) is 8.05. The van der Waals surface area contributed by atoms with Crippen LogP contribution in [0.15, 0.2) is 0 Å². The summed E-state index contributed by atoms with van der Waals surface area (Å²) in [4.78, 5) is 0. The van der Waals surface area contributed by atoms with E-state index < -0.39 is 0 Å². The molecule has 1 nitrogen and oxygen atoms in total. The van der Waals surface area contributed by atoms with Crippen molar-refractivity contribution >= 4 is 0 Å². The molecule has 12 heavy (non-hydrogen) atoms. The smallest absolute Gasteiger partial charge is 0.0621 e. The van der Waals surface area contributed by atoms with Crippen molar-refractivity contribution in [1.29, 1.82) is 0 Å². The molecule has 0 aromatic carbocycles. The van der Waals surface area contributed by atoms with Crippen molar-refractivity contribution in [2.45, 2.75) is 58.0 Å². The second kappa shape index (κ2) is 3.02. The van der Waals surface area contributed by atoms with Crippen LogP contribution < -0.4 is 0 Å². The molecule has 0 spiro atoms. The maximum atomic E-state index is 10.1. The first-order chi connectivity index (χ1) is 5.72. The van der Waals surface area contributed by atoms with Gasteiger partial charge in [0.25, 0.3) is 0 Å². The summed E-state index contributed by atoms with van der Waals surface area (Å²) in [6, 6.07) is 0. The van der Waals surface area contributed by atoms with Gasteiger partial charge in [0.1, 0.15) is 0 Å². The summed E-state index contributed by atoms with van der Waals surface area (Å²) in [7, 11) is 0. The highest BCUT2D eigenvalue weighted by Gasteiger charge is 2.41. The van der Waals surface area contributed by atoms with E-state index in [-0.39, 0.29) is 11.5 Å². The third-order valence-electron chi connectivity index (χ3n) is 4.06. The molecule has 1 N–H and O–H groups in total. The first-order valence-electron chi connectivity index (χ1n) is 5.40. The van der Waals surface area contributed by atoms with Gasteiger partial charge in [0, 0.05) is 0 Å². The lowest BCUT2D eigenvalue weighted by Crippen LogP contribution is -2.39. The van der Waals surface area contributed by atoms with E-state index in [9.17, 15) is 5.11 Å². The van der Waals surface area contributed by atoms with Crippen molar-refractivity contribution in [3.63, 3.8) is 0 Å². The fourth-order valence-electron chi connectivity index (χ4n) is 2.80. The average molecular weight is 168 g/mol. The fourth-order valence-corrected chi connectivity index (χ4v) is 2.80. The predicted octanol–water partition coefficient (Wildman–Crippen LogP) is 2.73. The zero-order chi connectivity index (χ0) is 8.60. The molecule has 2 fully saturated rings. The molecule has 0 bridgehead atoms. The number of aliphatic hydroxyl groups is 1. The summed E-state index contributed by atoms with van der Waals surface area (Å²) >= 11 is 0. The minimum atomic E-state index is 0.00810. The Balaban J connectivity index is 1.96. The molecule has 2 saturated carbocycles. The van der Waals surface area contributed by atoms with Crippen LogP contribution in [-0.2, 0) is 0 Å². The minimum absolute atomic E-state index is 0.00810. The predicted molar refractivity (Wildman–Crippen MR) is 49.9 cm³/mol. The molecule has 2 aliphatic rings. The third kappa shape index (κ3) is 1.28. The van der Waals surface area contributed by atoms with Gasteiger partial charge in [-0.15, -0.1) is 0 Å². The molecule has 0 radical (unpaired) electrons. The highest BCUT2D eigenvalue weighted by atomic mass is 16.3. The van der Waals surface area contributed by atoms with Crippen LogP contribution >= 0.6 is 0 Å². The van der Waals surface area contributed by atoms with E-state index in [1.54, 1.807) is 0 Å². The summed E-state index contributed by atoms with van der Waals surface area (Å²) in [6.45, 7) is 2.28. The van der Waals surface area contributed by atoms with E-state index in [4.69, 9.17) is 0 Å². The first-order valence-corrected chi connectivity index (χ1v) is 5.40. The van der Waals surface area contributed by atoms with Crippen LogP contribution in [0.3, 0.4) is 0 Å². The summed E-state index contributed by atoms with van der Waals surface area (Å²) < 4.78 is 0. The molecule has 0 aromatic rings. The Morgan fingerprint density at radius 2 is 1.75 bits per heavy atom. The van der Waals surface area contributed by atoms with E-state index in [1.165, 1.54) is 44.9 Å². The SMILES string of the molecule is CC1(C(O)C2CCC2)CCCC1. The largest absolute Gasteiger partial charge is 0.392 e. The summed E-state index contributed by atoms with van der Waals surface area (Å²) in [5.41, 5.74) is 0.283. The summed E-state index contributed by atoms with van der Waals surface area (Å²) in [6.07, 6.45) is 9.08. The van der Waals surface area contributed by atoms with Gasteiger partial charge in [-0.2, -0.15) is 0 Å². The maximum Gasteiger partial charge on any atom is 0.0621 e. The van der Waals surface area contributed by atoms with Gasteiger partial charge in [0.05, 0.1) is 6.10 Å². The van der Waals surface area contributed by atoms with Crippen LogP contribution in [0.2, 0.25) is 0 Å². The topological polar surface area (TPSA) is 20.2 Å². The van der Waals surface area contributed by atoms with E-state index in [0.29, 0.717) is 5.92 Å². The molecule has 2 aliphatic carbocycles. The van der Waals surface area contributed by atoms with Gasteiger partial charge in [-0.3, -0.25) is 0 Å². The molecule has 0 amide bonds. The fraction of sp³-hybridized carbons (Fsp3) is 1.00. The number of hydrogen-bond acceptors (Lipinski definition) is 1. The monoisotopic (exact) mass is 168 g/mol. The molecule has 0 aromatic heterocycles. The minimum Gasteiger partial charge on any atom is -0.392 e. The van der Waals surface area contributed by atoms with Crippen molar-refractivity contribution in [2.24, 2.45) is 11.3 Å². The third-order valence-corrected chi connectivity index (χ3v) is 4.06. The Hall–Kier alpha value is -0.0400. The Morgan fingerprint density at radius 3 is 2.17 bits per heavy atom. The Morgan fingerprint density at radius 1 is 1.17 bits per heavy atom. The number of aliphatic hydroxyl groups excluding tert-OH is 1. The molecular weight excluding hydrogens is 148 g/mol. The number of hydrogen-bond donors (Lipinski definition) is 1. The van der Waals surface area contributed by atoms with Gasteiger partial charge < -0.3 is 5.11 Å². The van der Waals surface area contributed by atoms with Gasteiger partial charge in [0.15, 0.2) is 0 Å². The van der Waals surface area contributed by atoms with Crippen LogP contribution in [0, 0.1) is 11.3 Å². The second-order valence-electron chi connectivity index (χ2n) is 5.00. The van der Waals surface area contributed by atoms with E-state index in [1.807, 2.05) is 0 Å². The Kier molecular flexibility index (Phi) is 2.16. The van der Waals surface area contributed by atoms with E-state index in [0.717, 1.165) is 0 Å². The highest BCUT2D eigenvalue weighted by Crippen LogP contribution is 2.46. The molecule has 1 heteroatoms. The molecular formula is C11H20O. The van der Waals surface area contributed by atoms with E-state index >= 15 is 0 Å². The average Bonchev–Trinajstić information content (AvgIpc) is 2.33. The van der Waals surface area contributed by atoms with Gasteiger partial charge in [0.2, 0.25) is 0 Å². The highest BCUT2D eigenvalue weighted by molar-refractivity contribution is 4.92. The molecule has 2 rings (SSSR count). The van der Waals surface area contributed by atoms with Gasteiger partial charge in [-0.25, -0.2) is 0 Å². The van der Waals surface area contributed by atoms with Crippen LogP contribution in [0.5, 0.6) is 0 Å². The lowest BCUT2D eigenvalue weighted by atomic mass is 9.69. The van der Waals surface area contributed by atoms with Crippen LogP contribution in [0.4, 0.5) is 0 Å². The molecule has 1 atom stereocenters. The van der Waals surface area contributed by atoms with E-state index in [2.05, 4.69) is 6.92 Å². The molecule has 1 unspecified atom stereocenters. The first kappa shape index (κ1) is 8.55. The molecule has 70 valence electrons. The molecule has 0 saturated heterocycles.